The molecule has 2 rings (SSSR count). The first kappa shape index (κ1) is 8.05. The molecule has 2 fully saturated rings. The molecule has 0 bridgehead atoms. The fourth-order valence-electron chi connectivity index (χ4n) is 2.22. The van der Waals surface area contributed by atoms with Gasteiger partial charge in [-0.3, -0.25) is 4.79 Å². The molecular weight excluding hydrogens is 154 g/mol. The Bertz CT molecular complexity index is 189. The van der Waals surface area contributed by atoms with E-state index in [0.29, 0.717) is 11.8 Å². The van der Waals surface area contributed by atoms with E-state index in [9.17, 15) is 4.79 Å². The minimum absolute atomic E-state index is 0.258. The van der Waals surface area contributed by atoms with Gasteiger partial charge in [0.05, 0.1) is 0 Å². The standard InChI is InChI=1S/C9H15NO2/c11-9(12)8-7(6-3-4-6)2-1-5-10-8/h6-8,10H,1-5H2,(H,11,12). The zero-order valence-electron chi connectivity index (χ0n) is 7.12. The number of carboxylic acids is 1. The van der Waals surface area contributed by atoms with E-state index in [2.05, 4.69) is 5.32 Å². The fraction of sp³-hybridized carbons (Fsp3) is 0.889. The molecule has 3 nitrogen and oxygen atoms in total. The van der Waals surface area contributed by atoms with Gasteiger partial charge in [-0.2, -0.15) is 0 Å². The third kappa shape index (κ3) is 1.46. The van der Waals surface area contributed by atoms with Crippen molar-refractivity contribution in [1.29, 1.82) is 0 Å². The quantitative estimate of drug-likeness (QED) is 0.644. The number of rotatable bonds is 2. The molecule has 2 atom stereocenters. The summed E-state index contributed by atoms with van der Waals surface area (Å²) in [7, 11) is 0. The Morgan fingerprint density at radius 3 is 2.67 bits per heavy atom. The van der Waals surface area contributed by atoms with Gasteiger partial charge in [0, 0.05) is 0 Å². The van der Waals surface area contributed by atoms with Crippen molar-refractivity contribution in [2.45, 2.75) is 31.7 Å². The first-order valence-electron chi connectivity index (χ1n) is 4.75. The van der Waals surface area contributed by atoms with Crippen LogP contribution in [-0.2, 0) is 4.79 Å². The lowest BCUT2D eigenvalue weighted by Gasteiger charge is -2.29. The zero-order valence-corrected chi connectivity index (χ0v) is 7.12. The number of piperidine rings is 1. The van der Waals surface area contributed by atoms with E-state index < -0.39 is 5.97 Å². The SMILES string of the molecule is O=C(O)C1NCCCC1C1CC1. The first-order valence-corrected chi connectivity index (χ1v) is 4.75. The van der Waals surface area contributed by atoms with Crippen LogP contribution in [0.5, 0.6) is 0 Å². The van der Waals surface area contributed by atoms with Crippen LogP contribution in [0.2, 0.25) is 0 Å². The molecule has 0 aromatic rings. The van der Waals surface area contributed by atoms with Gasteiger partial charge in [0.25, 0.3) is 0 Å². The van der Waals surface area contributed by atoms with E-state index in [0.717, 1.165) is 19.4 Å². The highest BCUT2D eigenvalue weighted by Crippen LogP contribution is 2.41. The molecule has 12 heavy (non-hydrogen) atoms. The average Bonchev–Trinajstić information content (AvgIpc) is 2.87. The van der Waals surface area contributed by atoms with Crippen molar-refractivity contribution < 1.29 is 9.90 Å². The minimum atomic E-state index is -0.661. The second kappa shape index (κ2) is 3.05. The maximum absolute atomic E-state index is 10.8. The Hall–Kier alpha value is -0.570. The van der Waals surface area contributed by atoms with Gasteiger partial charge in [0.15, 0.2) is 0 Å². The van der Waals surface area contributed by atoms with Gasteiger partial charge < -0.3 is 10.4 Å². The molecule has 1 saturated carbocycles. The van der Waals surface area contributed by atoms with Crippen LogP contribution in [-0.4, -0.2) is 23.7 Å². The lowest BCUT2D eigenvalue weighted by molar-refractivity contribution is -0.141. The molecule has 2 N–H and O–H groups in total. The minimum Gasteiger partial charge on any atom is -0.480 e. The molecular formula is C9H15NO2. The second-order valence-corrected chi connectivity index (χ2v) is 3.91. The topological polar surface area (TPSA) is 49.3 Å². The molecule has 0 radical (unpaired) electrons. The number of hydrogen-bond acceptors (Lipinski definition) is 2. The van der Waals surface area contributed by atoms with Gasteiger partial charge in [-0.25, -0.2) is 0 Å². The normalized spacial score (nSPS) is 36.3. The van der Waals surface area contributed by atoms with Crippen molar-refractivity contribution in [3.8, 4) is 0 Å². The van der Waals surface area contributed by atoms with Crippen LogP contribution in [0.25, 0.3) is 0 Å². The van der Waals surface area contributed by atoms with Gasteiger partial charge >= 0.3 is 5.97 Å². The number of carbonyl (C=O) groups is 1. The summed E-state index contributed by atoms with van der Waals surface area (Å²) in [4.78, 5) is 10.8. The van der Waals surface area contributed by atoms with Crippen molar-refractivity contribution in [3.05, 3.63) is 0 Å². The monoisotopic (exact) mass is 169 g/mol. The van der Waals surface area contributed by atoms with E-state index in [1.54, 1.807) is 0 Å². The molecule has 1 aliphatic heterocycles. The molecule has 2 aliphatic rings. The molecule has 1 aliphatic carbocycles. The Labute approximate surface area is 72.2 Å². The Morgan fingerprint density at radius 2 is 2.08 bits per heavy atom. The first-order chi connectivity index (χ1) is 5.79. The maximum atomic E-state index is 10.8. The highest BCUT2D eigenvalue weighted by molar-refractivity contribution is 5.74. The lowest BCUT2D eigenvalue weighted by atomic mass is 9.87. The van der Waals surface area contributed by atoms with Crippen molar-refractivity contribution in [1.82, 2.24) is 5.32 Å². The van der Waals surface area contributed by atoms with Crippen LogP contribution in [0.4, 0.5) is 0 Å². The van der Waals surface area contributed by atoms with Crippen molar-refractivity contribution >= 4 is 5.97 Å². The summed E-state index contributed by atoms with van der Waals surface area (Å²) in [5.74, 6) is 0.460. The molecule has 3 heteroatoms. The summed E-state index contributed by atoms with van der Waals surface area (Å²) in [6.45, 7) is 0.875. The summed E-state index contributed by atoms with van der Waals surface area (Å²) in [5.41, 5.74) is 0. The zero-order chi connectivity index (χ0) is 8.55. The molecule has 68 valence electrons. The summed E-state index contributed by atoms with van der Waals surface area (Å²) in [5, 5.41) is 12.0. The highest BCUT2D eigenvalue weighted by atomic mass is 16.4. The predicted octanol–water partition coefficient (Wildman–Crippen LogP) is 0.849. The molecule has 1 saturated heterocycles. The van der Waals surface area contributed by atoms with E-state index >= 15 is 0 Å². The lowest BCUT2D eigenvalue weighted by Crippen LogP contribution is -2.47. The van der Waals surface area contributed by atoms with Crippen LogP contribution >= 0.6 is 0 Å². The molecule has 0 aromatic heterocycles. The van der Waals surface area contributed by atoms with Crippen LogP contribution in [0.1, 0.15) is 25.7 Å². The largest absolute Gasteiger partial charge is 0.480 e. The maximum Gasteiger partial charge on any atom is 0.320 e. The number of carboxylic acid groups (broad SMARTS) is 1. The van der Waals surface area contributed by atoms with E-state index in [-0.39, 0.29) is 6.04 Å². The van der Waals surface area contributed by atoms with E-state index in [1.165, 1.54) is 12.8 Å². The summed E-state index contributed by atoms with van der Waals surface area (Å²) < 4.78 is 0. The molecule has 1 heterocycles. The van der Waals surface area contributed by atoms with Gasteiger partial charge in [-0.05, 0) is 44.1 Å². The smallest absolute Gasteiger partial charge is 0.320 e. The number of aliphatic carboxylic acids is 1. The summed E-state index contributed by atoms with van der Waals surface area (Å²) in [6.07, 6.45) is 4.74. The van der Waals surface area contributed by atoms with Gasteiger partial charge in [0.1, 0.15) is 6.04 Å². The molecule has 0 amide bonds. The van der Waals surface area contributed by atoms with Crippen molar-refractivity contribution in [2.24, 2.45) is 11.8 Å². The fourth-order valence-corrected chi connectivity index (χ4v) is 2.22. The molecule has 0 spiro atoms. The number of hydrogen-bond donors (Lipinski definition) is 2. The third-order valence-corrected chi connectivity index (χ3v) is 3.00. The summed E-state index contributed by atoms with van der Waals surface area (Å²) >= 11 is 0. The Morgan fingerprint density at radius 1 is 1.33 bits per heavy atom. The average molecular weight is 169 g/mol. The highest BCUT2D eigenvalue weighted by Gasteiger charge is 2.40. The number of nitrogens with one attached hydrogen (secondary N) is 1. The molecule has 2 unspecified atom stereocenters. The van der Waals surface area contributed by atoms with Gasteiger partial charge in [0.2, 0.25) is 0 Å². The van der Waals surface area contributed by atoms with Crippen LogP contribution in [0, 0.1) is 11.8 Å². The van der Waals surface area contributed by atoms with Crippen LogP contribution in [0.3, 0.4) is 0 Å². The Kier molecular flexibility index (Phi) is 2.05. The van der Waals surface area contributed by atoms with Gasteiger partial charge in [-0.1, -0.05) is 0 Å². The van der Waals surface area contributed by atoms with Gasteiger partial charge in [-0.15, -0.1) is 0 Å². The van der Waals surface area contributed by atoms with Crippen LogP contribution < -0.4 is 5.32 Å². The summed E-state index contributed by atoms with van der Waals surface area (Å²) in [6, 6.07) is -0.258. The van der Waals surface area contributed by atoms with E-state index in [4.69, 9.17) is 5.11 Å². The molecule has 0 aromatic carbocycles. The second-order valence-electron chi connectivity index (χ2n) is 3.91. The third-order valence-electron chi connectivity index (χ3n) is 3.00. The van der Waals surface area contributed by atoms with Crippen LogP contribution in [0.15, 0.2) is 0 Å². The predicted molar refractivity (Wildman–Crippen MR) is 44.9 cm³/mol. The van der Waals surface area contributed by atoms with Crippen molar-refractivity contribution in [2.75, 3.05) is 6.54 Å². The van der Waals surface area contributed by atoms with E-state index in [1.807, 2.05) is 0 Å². The van der Waals surface area contributed by atoms with Crippen molar-refractivity contribution in [3.63, 3.8) is 0 Å². The Balaban J connectivity index is 2.00.